The Morgan fingerprint density at radius 3 is 2.58 bits per heavy atom. The average Bonchev–Trinajstić information content (AvgIpc) is 3.62. The number of benzene rings is 2. The van der Waals surface area contributed by atoms with Crippen LogP contribution in [0.3, 0.4) is 0 Å². The predicted molar refractivity (Wildman–Crippen MR) is 193 cm³/mol. The molecule has 0 atom stereocenters. The van der Waals surface area contributed by atoms with E-state index >= 15 is 8.78 Å². The zero-order valence-corrected chi connectivity index (χ0v) is 29.5. The van der Waals surface area contributed by atoms with Crippen LogP contribution in [0.5, 0.6) is 5.75 Å². The van der Waals surface area contributed by atoms with E-state index in [1.54, 1.807) is 37.0 Å². The summed E-state index contributed by atoms with van der Waals surface area (Å²) in [7, 11) is 7.21. The molecule has 2 aliphatic heterocycles. The molecule has 2 aromatic carbocycles. The highest BCUT2D eigenvalue weighted by molar-refractivity contribution is 6.11. The van der Waals surface area contributed by atoms with Crippen LogP contribution < -0.4 is 20.3 Å². The van der Waals surface area contributed by atoms with Gasteiger partial charge in [-0.05, 0) is 49.1 Å². The van der Waals surface area contributed by atoms with E-state index in [2.05, 4.69) is 15.5 Å². The van der Waals surface area contributed by atoms with Gasteiger partial charge in [-0.2, -0.15) is 0 Å². The summed E-state index contributed by atoms with van der Waals surface area (Å²) in [4.78, 5) is 33.7. The number of hydrogen-bond acceptors (Lipinski definition) is 8. The number of carbonyl (C=O) groups excluding carboxylic acids is 2. The third kappa shape index (κ3) is 5.63. The Morgan fingerprint density at radius 2 is 1.88 bits per heavy atom. The largest absolute Gasteiger partial charge is 0.496 e. The fourth-order valence-electron chi connectivity index (χ4n) is 7.98. The van der Waals surface area contributed by atoms with Crippen molar-refractivity contribution < 1.29 is 32.6 Å². The molecule has 1 spiro atoms. The zero-order valence-electron chi connectivity index (χ0n) is 29.5. The molecule has 0 radical (unpaired) electrons. The molecular formula is C39H40F2N6O5. The first-order valence-corrected chi connectivity index (χ1v) is 17.3. The number of amides is 1. The molecule has 0 bridgehead atoms. The Labute approximate surface area is 299 Å². The molecule has 5 aromatic rings. The molecule has 3 aromatic heterocycles. The lowest BCUT2D eigenvalue weighted by Gasteiger charge is -2.53. The van der Waals surface area contributed by atoms with Crippen molar-refractivity contribution in [2.45, 2.75) is 31.9 Å². The minimum absolute atomic E-state index is 0.176. The number of rotatable bonds is 10. The number of likely N-dealkylation sites (N-methyl/N-ethyl adjacent to an activating group) is 1. The zero-order chi connectivity index (χ0) is 36.3. The van der Waals surface area contributed by atoms with Crippen molar-refractivity contribution in [2.75, 3.05) is 57.8 Å². The van der Waals surface area contributed by atoms with Crippen LogP contribution in [0, 0.1) is 17.0 Å². The molecule has 3 aliphatic rings. The maximum absolute atomic E-state index is 15.4. The van der Waals surface area contributed by atoms with Crippen LogP contribution in [0.15, 0.2) is 54.7 Å². The van der Waals surface area contributed by atoms with E-state index in [-0.39, 0.29) is 11.3 Å². The Balaban J connectivity index is 1.08. The fourth-order valence-corrected chi connectivity index (χ4v) is 7.98. The number of carbonyl (C=O) groups is 2. The maximum Gasteiger partial charge on any atom is 0.248 e. The number of pyridine rings is 1. The van der Waals surface area contributed by atoms with E-state index in [4.69, 9.17) is 19.2 Å². The van der Waals surface area contributed by atoms with Gasteiger partial charge < -0.3 is 38.7 Å². The number of imidazole rings is 1. The van der Waals surface area contributed by atoms with Crippen LogP contribution in [0.2, 0.25) is 0 Å². The molecule has 13 heteroatoms. The molecule has 270 valence electrons. The van der Waals surface area contributed by atoms with Crippen LogP contribution in [-0.2, 0) is 34.3 Å². The highest BCUT2D eigenvalue weighted by Gasteiger charge is 2.49. The van der Waals surface area contributed by atoms with Gasteiger partial charge in [0.25, 0.3) is 0 Å². The lowest BCUT2D eigenvalue weighted by atomic mass is 9.64. The minimum atomic E-state index is -1.04. The molecule has 1 saturated carbocycles. The first-order chi connectivity index (χ1) is 25.1. The third-order valence-corrected chi connectivity index (χ3v) is 10.7. The number of fused-ring (bicyclic) bond motifs is 4. The van der Waals surface area contributed by atoms with Gasteiger partial charge in [0.1, 0.15) is 41.0 Å². The second-order valence-corrected chi connectivity index (χ2v) is 14.1. The smallest absolute Gasteiger partial charge is 0.248 e. The number of nitrogens with zero attached hydrogens (tertiary/aromatic N) is 4. The average molecular weight is 711 g/mol. The highest BCUT2D eigenvalue weighted by Crippen LogP contribution is 2.48. The van der Waals surface area contributed by atoms with Crippen LogP contribution in [0.1, 0.15) is 40.3 Å². The van der Waals surface area contributed by atoms with E-state index in [1.165, 1.54) is 6.08 Å². The first-order valence-electron chi connectivity index (χ1n) is 17.3. The van der Waals surface area contributed by atoms with Crippen LogP contribution in [0.4, 0.5) is 20.2 Å². The fraction of sp³-hybridized carbons (Fsp3) is 0.359. The topological polar surface area (TPSA) is 111 Å². The molecule has 8 rings (SSSR count). The Kier molecular flexibility index (Phi) is 8.59. The SMILES string of the molecule is COCc1nc2c3c(c(OC)cc2n1C)-c1cccn2c(C(=O)c4cc(F)c(NC(=O)/C=C/CNC5CC6(COC6)C5)c(F)c4)cc(c12)CCN3C. The van der Waals surface area contributed by atoms with Crippen molar-refractivity contribution in [3.05, 3.63) is 89.0 Å². The Morgan fingerprint density at radius 1 is 1.12 bits per heavy atom. The van der Waals surface area contributed by atoms with Gasteiger partial charge >= 0.3 is 0 Å². The standard InChI is InChI=1S/C39H40F2N6O5/c1-45-12-9-22-15-29(47-11-6-7-25(36(22)47)33-30(51-4)16-28-35(37(33)45)43-31(19-50-3)46(28)2)38(49)23-13-26(40)34(27(41)14-23)44-32(48)8-5-10-42-24-17-39(18-24)20-52-21-39/h5-8,11,13-16,24,42H,9-10,12,17-21H2,1-4H3,(H,44,48)/b8-5+. The summed E-state index contributed by atoms with van der Waals surface area (Å²) in [5, 5.41) is 5.64. The minimum Gasteiger partial charge on any atom is -0.496 e. The molecule has 52 heavy (non-hydrogen) atoms. The Hall–Kier alpha value is -5.11. The molecule has 0 unspecified atom stereocenters. The van der Waals surface area contributed by atoms with Crippen molar-refractivity contribution in [1.29, 1.82) is 0 Å². The summed E-state index contributed by atoms with van der Waals surface area (Å²) >= 11 is 0. The molecule has 1 amide bonds. The number of ether oxygens (including phenoxy) is 3. The lowest BCUT2D eigenvalue weighted by molar-refractivity contribution is -0.167. The van der Waals surface area contributed by atoms with Crippen molar-refractivity contribution in [3.8, 4) is 16.9 Å². The summed E-state index contributed by atoms with van der Waals surface area (Å²) in [6.45, 7) is 3.03. The number of anilines is 2. The number of aromatic nitrogens is 3. The van der Waals surface area contributed by atoms with E-state index in [0.29, 0.717) is 43.3 Å². The van der Waals surface area contributed by atoms with Gasteiger partial charge in [0, 0.05) is 75.2 Å². The number of nitrogens with one attached hydrogen (secondary N) is 2. The second kappa shape index (κ2) is 13.1. The van der Waals surface area contributed by atoms with E-state index < -0.39 is 29.0 Å². The molecule has 2 N–H and O–H groups in total. The van der Waals surface area contributed by atoms with Gasteiger partial charge in [-0.1, -0.05) is 12.1 Å². The Bertz CT molecular complexity index is 2260. The maximum atomic E-state index is 15.4. The summed E-state index contributed by atoms with van der Waals surface area (Å²) in [6, 6.07) is 9.86. The number of methoxy groups -OCH3 is 2. The second-order valence-electron chi connectivity index (χ2n) is 14.1. The molecule has 2 fully saturated rings. The van der Waals surface area contributed by atoms with Gasteiger partial charge in [0.05, 0.1) is 48.3 Å². The van der Waals surface area contributed by atoms with Gasteiger partial charge in [0.15, 0.2) is 0 Å². The van der Waals surface area contributed by atoms with Crippen LogP contribution in [0.25, 0.3) is 27.7 Å². The van der Waals surface area contributed by atoms with Crippen molar-refractivity contribution in [2.24, 2.45) is 12.5 Å². The first kappa shape index (κ1) is 34.0. The van der Waals surface area contributed by atoms with Gasteiger partial charge in [-0.3, -0.25) is 9.59 Å². The number of halogens is 2. The van der Waals surface area contributed by atoms with Gasteiger partial charge in [0.2, 0.25) is 11.7 Å². The van der Waals surface area contributed by atoms with E-state index in [0.717, 1.165) is 82.9 Å². The van der Waals surface area contributed by atoms with E-state index in [1.807, 2.05) is 36.9 Å². The lowest BCUT2D eigenvalue weighted by Crippen LogP contribution is -2.58. The van der Waals surface area contributed by atoms with E-state index in [9.17, 15) is 9.59 Å². The summed E-state index contributed by atoms with van der Waals surface area (Å²) in [5.74, 6) is -1.91. The quantitative estimate of drug-likeness (QED) is 0.146. The van der Waals surface area contributed by atoms with Crippen LogP contribution in [-0.4, -0.2) is 79.3 Å². The molecular weight excluding hydrogens is 670 g/mol. The molecule has 1 aliphatic carbocycles. The summed E-state index contributed by atoms with van der Waals surface area (Å²) in [5.41, 5.74) is 5.75. The van der Waals surface area contributed by atoms with Gasteiger partial charge in [-0.15, -0.1) is 0 Å². The monoisotopic (exact) mass is 710 g/mol. The third-order valence-electron chi connectivity index (χ3n) is 10.7. The molecule has 11 nitrogen and oxygen atoms in total. The highest BCUT2D eigenvalue weighted by atomic mass is 19.1. The van der Waals surface area contributed by atoms with Crippen LogP contribution >= 0.6 is 0 Å². The summed E-state index contributed by atoms with van der Waals surface area (Å²) in [6.07, 6.45) is 7.31. The van der Waals surface area contributed by atoms with Crippen molar-refractivity contribution in [3.63, 3.8) is 0 Å². The number of hydrogen-bond donors (Lipinski definition) is 2. The normalized spacial score (nSPS) is 16.5. The molecule has 5 heterocycles. The predicted octanol–water partition coefficient (Wildman–Crippen LogP) is 5.41. The number of ketones is 1. The van der Waals surface area contributed by atoms with Gasteiger partial charge in [-0.25, -0.2) is 13.8 Å². The number of aryl methyl sites for hydroxylation is 1. The molecule has 1 saturated heterocycles. The summed E-state index contributed by atoms with van der Waals surface area (Å²) < 4.78 is 51.2. The van der Waals surface area contributed by atoms with Crippen molar-refractivity contribution in [1.82, 2.24) is 19.3 Å². The van der Waals surface area contributed by atoms with Crippen molar-refractivity contribution >= 4 is 39.6 Å².